The van der Waals surface area contributed by atoms with Crippen LogP contribution in [0.25, 0.3) is 0 Å². The Morgan fingerprint density at radius 3 is 2.77 bits per heavy atom. The SMILES string of the molecule is C[C@@]12CCC[C@@]3(C)O[C@@]13C[C@H]1[C@H](C[NH+]3CCN(C(=O)c4ccco4)CC3)C(=O)O[C@@H]1C2. The Kier molecular flexibility index (Phi) is 4.20. The molecule has 6 atom stereocenters. The molecule has 1 aromatic rings. The second-order valence-electron chi connectivity index (χ2n) is 11.0. The number of fused-ring (bicyclic) bond motifs is 1. The summed E-state index contributed by atoms with van der Waals surface area (Å²) in [6.07, 6.45) is 6.98. The zero-order valence-corrected chi connectivity index (χ0v) is 18.5. The van der Waals surface area contributed by atoms with E-state index >= 15 is 0 Å². The Hall–Kier alpha value is -1.86. The number of hydrogen-bond donors (Lipinski definition) is 1. The molecule has 4 heterocycles. The van der Waals surface area contributed by atoms with Gasteiger partial charge in [0.1, 0.15) is 17.6 Å². The van der Waals surface area contributed by atoms with Crippen LogP contribution in [0.3, 0.4) is 0 Å². The van der Waals surface area contributed by atoms with Gasteiger partial charge in [0.15, 0.2) is 5.76 Å². The van der Waals surface area contributed by atoms with Crippen LogP contribution in [0.1, 0.15) is 56.5 Å². The molecule has 1 spiro atoms. The maximum absolute atomic E-state index is 12.9. The Bertz CT molecular complexity index is 894. The van der Waals surface area contributed by atoms with Crippen molar-refractivity contribution in [2.45, 2.75) is 63.3 Å². The van der Waals surface area contributed by atoms with Crippen LogP contribution in [-0.2, 0) is 14.3 Å². The van der Waals surface area contributed by atoms with E-state index in [1.54, 1.807) is 12.1 Å². The minimum Gasteiger partial charge on any atom is -0.462 e. The van der Waals surface area contributed by atoms with Crippen LogP contribution >= 0.6 is 0 Å². The molecule has 31 heavy (non-hydrogen) atoms. The van der Waals surface area contributed by atoms with E-state index in [2.05, 4.69) is 13.8 Å². The molecule has 6 rings (SSSR count). The van der Waals surface area contributed by atoms with Gasteiger partial charge in [-0.15, -0.1) is 0 Å². The molecule has 0 unspecified atom stereocenters. The monoisotopic (exact) mass is 429 g/mol. The molecule has 5 aliphatic rings. The Balaban J connectivity index is 1.12. The molecule has 3 aliphatic heterocycles. The Morgan fingerprint density at radius 2 is 2.03 bits per heavy atom. The highest BCUT2D eigenvalue weighted by atomic mass is 16.6. The lowest BCUT2D eigenvalue weighted by Crippen LogP contribution is -3.15. The quantitative estimate of drug-likeness (QED) is 0.579. The normalized spacial score (nSPS) is 44.3. The average Bonchev–Trinajstić information content (AvgIpc) is 3.06. The molecule has 5 fully saturated rings. The predicted molar refractivity (Wildman–Crippen MR) is 110 cm³/mol. The van der Waals surface area contributed by atoms with Gasteiger partial charge in [-0.3, -0.25) is 9.59 Å². The van der Waals surface area contributed by atoms with E-state index in [9.17, 15) is 9.59 Å². The van der Waals surface area contributed by atoms with Gasteiger partial charge < -0.3 is 23.7 Å². The van der Waals surface area contributed by atoms with E-state index in [0.717, 1.165) is 38.9 Å². The lowest BCUT2D eigenvalue weighted by Gasteiger charge is -2.48. The van der Waals surface area contributed by atoms with Crippen molar-refractivity contribution in [3.63, 3.8) is 0 Å². The van der Waals surface area contributed by atoms with E-state index in [1.807, 2.05) is 4.90 Å². The Morgan fingerprint density at radius 1 is 1.23 bits per heavy atom. The van der Waals surface area contributed by atoms with E-state index in [1.165, 1.54) is 24.0 Å². The minimum atomic E-state index is -0.0604. The minimum absolute atomic E-state index is 0.00808. The molecule has 7 heteroatoms. The molecule has 0 bridgehead atoms. The molecular formula is C24H33N2O5+. The third-order valence-electron chi connectivity index (χ3n) is 9.31. The number of nitrogens with one attached hydrogen (secondary N) is 1. The number of carbonyl (C=O) groups is 2. The number of ether oxygens (including phenoxy) is 2. The number of carbonyl (C=O) groups excluding carboxylic acids is 2. The topological polar surface area (TPSA) is 76.7 Å². The first-order chi connectivity index (χ1) is 14.8. The second-order valence-corrected chi connectivity index (χ2v) is 11.0. The van der Waals surface area contributed by atoms with Crippen molar-refractivity contribution in [2.24, 2.45) is 17.3 Å². The van der Waals surface area contributed by atoms with E-state index < -0.39 is 0 Å². The summed E-state index contributed by atoms with van der Waals surface area (Å²) in [5, 5.41) is 0. The summed E-state index contributed by atoms with van der Waals surface area (Å²) in [4.78, 5) is 28.7. The van der Waals surface area contributed by atoms with Gasteiger partial charge in [0.2, 0.25) is 0 Å². The van der Waals surface area contributed by atoms with Crippen molar-refractivity contribution in [2.75, 3.05) is 32.7 Å². The zero-order valence-electron chi connectivity index (χ0n) is 18.5. The summed E-state index contributed by atoms with van der Waals surface area (Å²) in [6.45, 7) is 8.51. The maximum Gasteiger partial charge on any atom is 0.315 e. The molecule has 0 aromatic carbocycles. The van der Waals surface area contributed by atoms with Crippen LogP contribution in [0.5, 0.6) is 0 Å². The summed E-state index contributed by atoms with van der Waals surface area (Å²) < 4.78 is 17.7. The first-order valence-corrected chi connectivity index (χ1v) is 11.9. The number of piperazine rings is 1. The standard InChI is InChI=1S/C24H32N2O5/c1-22-6-4-7-23(2)24(22,31-23)13-16-17(21(28)30-19(16)14-22)15-25-8-10-26(11-9-25)20(27)18-5-3-12-29-18/h3,5,12,16-17,19H,4,6-11,13-15H2,1-2H3/p+1/t16-,17-,19+,22-,23+,24-/m0/s1. The van der Waals surface area contributed by atoms with E-state index in [0.29, 0.717) is 18.8 Å². The molecule has 7 nitrogen and oxygen atoms in total. The van der Waals surface area contributed by atoms with Crippen LogP contribution < -0.4 is 4.90 Å². The highest BCUT2D eigenvalue weighted by Gasteiger charge is 2.79. The molecule has 1 N–H and O–H groups in total. The van der Waals surface area contributed by atoms with Crippen molar-refractivity contribution in [1.29, 1.82) is 0 Å². The van der Waals surface area contributed by atoms with Gasteiger partial charge in [0, 0.05) is 11.3 Å². The fourth-order valence-corrected chi connectivity index (χ4v) is 7.49. The molecule has 2 aliphatic carbocycles. The zero-order chi connectivity index (χ0) is 21.4. The number of furan rings is 1. The van der Waals surface area contributed by atoms with Crippen LogP contribution in [0.15, 0.2) is 22.8 Å². The number of nitrogens with zero attached hydrogens (tertiary/aromatic N) is 1. The maximum atomic E-state index is 12.9. The molecule has 168 valence electrons. The van der Waals surface area contributed by atoms with Gasteiger partial charge in [-0.1, -0.05) is 6.92 Å². The van der Waals surface area contributed by atoms with Crippen molar-refractivity contribution >= 4 is 11.9 Å². The number of rotatable bonds is 3. The van der Waals surface area contributed by atoms with E-state index in [-0.39, 0.29) is 46.4 Å². The van der Waals surface area contributed by atoms with Crippen molar-refractivity contribution in [3.8, 4) is 0 Å². The van der Waals surface area contributed by atoms with Crippen LogP contribution in [0, 0.1) is 17.3 Å². The van der Waals surface area contributed by atoms with Gasteiger partial charge in [-0.25, -0.2) is 0 Å². The smallest absolute Gasteiger partial charge is 0.315 e. The van der Waals surface area contributed by atoms with Gasteiger partial charge in [0.05, 0.1) is 44.6 Å². The Labute approximate surface area is 183 Å². The van der Waals surface area contributed by atoms with Crippen LogP contribution in [-0.4, -0.2) is 66.8 Å². The molecule has 1 aromatic heterocycles. The highest BCUT2D eigenvalue weighted by molar-refractivity contribution is 5.91. The molecule has 0 radical (unpaired) electrons. The van der Waals surface area contributed by atoms with Crippen LogP contribution in [0.2, 0.25) is 0 Å². The summed E-state index contributed by atoms with van der Waals surface area (Å²) in [7, 11) is 0. The van der Waals surface area contributed by atoms with Crippen molar-refractivity contribution in [1.82, 2.24) is 4.90 Å². The number of hydrogen-bond acceptors (Lipinski definition) is 5. The van der Waals surface area contributed by atoms with Gasteiger partial charge in [-0.05, 0) is 51.2 Å². The molecule has 2 saturated carbocycles. The third kappa shape index (κ3) is 2.78. The van der Waals surface area contributed by atoms with Gasteiger partial charge in [0.25, 0.3) is 5.91 Å². The first-order valence-electron chi connectivity index (χ1n) is 11.9. The lowest BCUT2D eigenvalue weighted by atomic mass is 9.53. The van der Waals surface area contributed by atoms with Gasteiger partial charge >= 0.3 is 5.97 Å². The number of amides is 1. The third-order valence-corrected chi connectivity index (χ3v) is 9.31. The summed E-state index contributed by atoms with van der Waals surface area (Å²) in [5.74, 6) is 0.544. The predicted octanol–water partition coefficient (Wildman–Crippen LogP) is 1.29. The molecule has 1 amide bonds. The number of esters is 1. The second kappa shape index (κ2) is 6.58. The first kappa shape index (κ1) is 19.8. The number of quaternary nitrogens is 1. The van der Waals surface area contributed by atoms with Gasteiger partial charge in [-0.2, -0.15) is 0 Å². The summed E-state index contributed by atoms with van der Waals surface area (Å²) in [5.41, 5.74) is 0.0576. The van der Waals surface area contributed by atoms with Crippen molar-refractivity contribution in [3.05, 3.63) is 24.2 Å². The summed E-state index contributed by atoms with van der Waals surface area (Å²) in [6, 6.07) is 3.46. The van der Waals surface area contributed by atoms with Crippen LogP contribution in [0.4, 0.5) is 0 Å². The largest absolute Gasteiger partial charge is 0.462 e. The van der Waals surface area contributed by atoms with E-state index in [4.69, 9.17) is 13.9 Å². The molecule has 3 saturated heterocycles. The fraction of sp³-hybridized carbons (Fsp3) is 0.750. The lowest BCUT2D eigenvalue weighted by molar-refractivity contribution is -0.906. The van der Waals surface area contributed by atoms with Crippen molar-refractivity contribution < 1.29 is 28.4 Å². The average molecular weight is 430 g/mol. The highest BCUT2D eigenvalue weighted by Crippen LogP contribution is 2.72. The fourth-order valence-electron chi connectivity index (χ4n) is 7.49. The number of epoxide rings is 1. The molecular weight excluding hydrogens is 396 g/mol. The summed E-state index contributed by atoms with van der Waals surface area (Å²) >= 11 is 0.